The molecule has 2 N–H and O–H groups in total. The van der Waals surface area contributed by atoms with E-state index in [0.717, 1.165) is 71.8 Å². The molecule has 0 unspecified atom stereocenters. The van der Waals surface area contributed by atoms with Crippen LogP contribution in [-0.4, -0.2) is 58.6 Å². The number of ether oxygens (including phenoxy) is 1. The van der Waals surface area contributed by atoms with E-state index in [1.807, 2.05) is 42.5 Å². The molecule has 1 aliphatic rings. The first-order chi connectivity index (χ1) is 18.9. The number of benzene rings is 2. The predicted molar refractivity (Wildman–Crippen MR) is 159 cm³/mol. The summed E-state index contributed by atoms with van der Waals surface area (Å²) < 4.78 is 5.38. The number of piperidine rings is 1. The molecule has 39 heavy (non-hydrogen) atoms. The fourth-order valence-corrected chi connectivity index (χ4v) is 7.16. The highest BCUT2D eigenvalue weighted by Gasteiger charge is 2.30. The number of carbonyl (C=O) groups is 1. The van der Waals surface area contributed by atoms with Crippen LogP contribution >= 0.6 is 35.0 Å². The van der Waals surface area contributed by atoms with Crippen LogP contribution in [0.25, 0.3) is 10.9 Å². The Balaban J connectivity index is 1.32. The zero-order valence-corrected chi connectivity index (χ0v) is 24.5. The number of hydrogen-bond donors (Lipinski definition) is 2. The molecule has 0 spiro atoms. The van der Waals surface area contributed by atoms with E-state index in [2.05, 4.69) is 9.88 Å². The van der Waals surface area contributed by atoms with Gasteiger partial charge in [-0.2, -0.15) is 0 Å². The van der Waals surface area contributed by atoms with Gasteiger partial charge in [-0.15, -0.1) is 11.8 Å². The molecule has 0 radical (unpaired) electrons. The molecule has 0 bridgehead atoms. The van der Waals surface area contributed by atoms with Crippen LogP contribution in [-0.2, 0) is 4.79 Å². The Morgan fingerprint density at radius 3 is 2.72 bits per heavy atom. The quantitative estimate of drug-likeness (QED) is 0.159. The highest BCUT2D eigenvalue weighted by atomic mass is 35.5. The number of halogens is 2. The van der Waals surface area contributed by atoms with Gasteiger partial charge in [0.1, 0.15) is 5.75 Å². The maximum absolute atomic E-state index is 11.4. The van der Waals surface area contributed by atoms with Gasteiger partial charge in [-0.3, -0.25) is 9.78 Å². The van der Waals surface area contributed by atoms with Crippen LogP contribution in [0.2, 0.25) is 10.0 Å². The highest BCUT2D eigenvalue weighted by Crippen LogP contribution is 2.36. The van der Waals surface area contributed by atoms with E-state index in [9.17, 15) is 15.0 Å². The lowest BCUT2D eigenvalue weighted by atomic mass is 9.79. The van der Waals surface area contributed by atoms with Crippen molar-refractivity contribution < 1.29 is 19.7 Å². The second kappa shape index (κ2) is 14.6. The number of hydrogen-bond acceptors (Lipinski definition) is 6. The molecule has 6 nitrogen and oxygen atoms in total. The molecule has 1 fully saturated rings. The first-order valence-corrected chi connectivity index (χ1v) is 15.2. The van der Waals surface area contributed by atoms with Crippen LogP contribution in [0.15, 0.2) is 53.6 Å². The summed E-state index contributed by atoms with van der Waals surface area (Å²) in [6.45, 7) is 2.83. The fraction of sp³-hybridized carbons (Fsp3) is 0.467. The average Bonchev–Trinajstić information content (AvgIpc) is 2.93. The topological polar surface area (TPSA) is 82.9 Å². The van der Waals surface area contributed by atoms with Crippen LogP contribution in [0.3, 0.4) is 0 Å². The maximum Gasteiger partial charge on any atom is 0.303 e. The van der Waals surface area contributed by atoms with E-state index in [0.29, 0.717) is 34.7 Å². The van der Waals surface area contributed by atoms with Crippen molar-refractivity contribution in [2.24, 2.45) is 11.8 Å². The van der Waals surface area contributed by atoms with Crippen molar-refractivity contribution in [2.45, 2.75) is 49.5 Å². The molecular weight excluding hydrogens is 555 g/mol. The molecule has 1 aromatic heterocycles. The van der Waals surface area contributed by atoms with Gasteiger partial charge in [0.15, 0.2) is 0 Å². The molecule has 0 saturated carbocycles. The number of aliphatic hydroxyl groups is 1. The number of nitrogens with zero attached hydrogens (tertiary/aromatic N) is 2. The van der Waals surface area contributed by atoms with Crippen LogP contribution < -0.4 is 4.74 Å². The minimum Gasteiger partial charge on any atom is -0.497 e. The first-order valence-electron chi connectivity index (χ1n) is 13.5. The molecule has 1 saturated heterocycles. The Labute approximate surface area is 244 Å². The van der Waals surface area contributed by atoms with Crippen LogP contribution in [0.5, 0.6) is 5.75 Å². The number of fused-ring (bicyclic) bond motifs is 1. The van der Waals surface area contributed by atoms with Gasteiger partial charge in [-0.25, -0.2) is 0 Å². The molecule has 2 heterocycles. The summed E-state index contributed by atoms with van der Waals surface area (Å²) in [6, 6.07) is 13.2. The zero-order valence-electron chi connectivity index (χ0n) is 22.2. The lowest BCUT2D eigenvalue weighted by Gasteiger charge is -2.39. The summed E-state index contributed by atoms with van der Waals surface area (Å²) in [7, 11) is 1.63. The Bertz CT molecular complexity index is 1240. The number of methoxy groups -OCH3 is 1. The molecule has 3 atom stereocenters. The first kappa shape index (κ1) is 29.9. The Kier molecular flexibility index (Phi) is 11.2. The second-order valence-electron chi connectivity index (χ2n) is 10.2. The van der Waals surface area contributed by atoms with Crippen LogP contribution in [0.1, 0.15) is 50.2 Å². The summed E-state index contributed by atoms with van der Waals surface area (Å²) in [5.41, 5.74) is 1.68. The molecule has 210 valence electrons. The van der Waals surface area contributed by atoms with Crippen molar-refractivity contribution in [1.82, 2.24) is 9.88 Å². The number of carboxylic acids is 1. The fourth-order valence-electron chi connectivity index (χ4n) is 5.55. The normalized spacial score (nSPS) is 18.8. The average molecular weight is 592 g/mol. The number of aliphatic hydroxyl groups excluding tert-OH is 1. The number of likely N-dealkylation sites (tertiary alicyclic amines) is 1. The standard InChI is InChI=1S/C30H36Cl2N2O4S/c1-38-22-8-9-27-24(18-22)23(12-14-33-27)28(35)10-6-20-13-16-34(19-21(20)7-11-29(36)37)15-3-17-39-30-25(31)4-2-5-26(30)32/h2,4-5,8-9,12,14,18,20-21,28,35H,3,6-7,10-11,13,15-17,19H2,1H3,(H,36,37)/t20-,21-,28-/m1/s1. The van der Waals surface area contributed by atoms with Gasteiger partial charge < -0.3 is 19.8 Å². The molecule has 1 aliphatic heterocycles. The summed E-state index contributed by atoms with van der Waals surface area (Å²) in [6.07, 6.45) is 5.44. The van der Waals surface area contributed by atoms with E-state index in [4.69, 9.17) is 27.9 Å². The minimum atomic E-state index is -0.754. The van der Waals surface area contributed by atoms with Gasteiger partial charge in [-0.1, -0.05) is 29.3 Å². The van der Waals surface area contributed by atoms with Gasteiger partial charge in [0.2, 0.25) is 0 Å². The number of pyridine rings is 1. The Morgan fingerprint density at radius 1 is 1.18 bits per heavy atom. The van der Waals surface area contributed by atoms with Gasteiger partial charge in [0, 0.05) is 29.4 Å². The Hall–Kier alpha value is -2.03. The number of carboxylic acid groups (broad SMARTS) is 1. The highest BCUT2D eigenvalue weighted by molar-refractivity contribution is 7.99. The van der Waals surface area contributed by atoms with Gasteiger partial charge in [-0.05, 0) is 105 Å². The maximum atomic E-state index is 11.4. The van der Waals surface area contributed by atoms with Crippen LogP contribution in [0.4, 0.5) is 0 Å². The van der Waals surface area contributed by atoms with E-state index >= 15 is 0 Å². The second-order valence-corrected chi connectivity index (χ2v) is 12.1. The molecule has 2 aromatic carbocycles. The SMILES string of the molecule is COc1ccc2nccc([C@H](O)CC[C@@H]3CCN(CCCSc4c(Cl)cccc4Cl)C[C@H]3CCC(=O)O)c2c1. The number of rotatable bonds is 13. The number of aliphatic carboxylic acids is 1. The van der Waals surface area contributed by atoms with Crippen molar-refractivity contribution in [3.63, 3.8) is 0 Å². The molecule has 3 aromatic rings. The van der Waals surface area contributed by atoms with Crippen molar-refractivity contribution >= 4 is 51.8 Å². The van der Waals surface area contributed by atoms with Crippen LogP contribution in [0, 0.1) is 11.8 Å². The van der Waals surface area contributed by atoms with E-state index in [-0.39, 0.29) is 6.42 Å². The van der Waals surface area contributed by atoms with Gasteiger partial charge >= 0.3 is 5.97 Å². The largest absolute Gasteiger partial charge is 0.497 e. The summed E-state index contributed by atoms with van der Waals surface area (Å²) in [4.78, 5) is 19.2. The molecule has 9 heteroatoms. The minimum absolute atomic E-state index is 0.174. The predicted octanol–water partition coefficient (Wildman–Crippen LogP) is 7.35. The van der Waals surface area contributed by atoms with E-state index in [1.54, 1.807) is 25.1 Å². The molecule has 0 aliphatic carbocycles. The molecule has 4 rings (SSSR count). The van der Waals surface area contributed by atoms with Crippen molar-refractivity contribution in [3.8, 4) is 5.75 Å². The summed E-state index contributed by atoms with van der Waals surface area (Å²) in [5.74, 6) is 1.57. The van der Waals surface area contributed by atoms with Crippen molar-refractivity contribution in [1.29, 1.82) is 0 Å². The van der Waals surface area contributed by atoms with Crippen molar-refractivity contribution in [3.05, 3.63) is 64.3 Å². The number of aromatic nitrogens is 1. The van der Waals surface area contributed by atoms with Gasteiger partial charge in [0.05, 0.1) is 28.8 Å². The molecule has 0 amide bonds. The lowest BCUT2D eigenvalue weighted by molar-refractivity contribution is -0.137. The van der Waals surface area contributed by atoms with E-state index in [1.165, 1.54) is 0 Å². The number of thioether (sulfide) groups is 1. The monoisotopic (exact) mass is 590 g/mol. The lowest BCUT2D eigenvalue weighted by Crippen LogP contribution is -2.41. The summed E-state index contributed by atoms with van der Waals surface area (Å²) in [5, 5.41) is 22.8. The van der Waals surface area contributed by atoms with Gasteiger partial charge in [0.25, 0.3) is 0 Å². The van der Waals surface area contributed by atoms with Crippen molar-refractivity contribution in [2.75, 3.05) is 32.5 Å². The third kappa shape index (κ3) is 8.24. The van der Waals surface area contributed by atoms with E-state index < -0.39 is 12.1 Å². The summed E-state index contributed by atoms with van der Waals surface area (Å²) >= 11 is 14.3. The third-order valence-corrected chi connectivity index (χ3v) is 9.72. The Morgan fingerprint density at radius 2 is 1.97 bits per heavy atom. The smallest absolute Gasteiger partial charge is 0.303 e. The third-order valence-electron chi connectivity index (χ3n) is 7.64. The molecular formula is C30H36Cl2N2O4S. The zero-order chi connectivity index (χ0) is 27.8.